The molecule has 1 aliphatic rings. The molecular weight excluding hydrogens is 204 g/mol. The number of aromatic nitrogens is 2. The number of rotatable bonds is 4. The first-order valence-electron chi connectivity index (χ1n) is 5.65. The minimum Gasteiger partial charge on any atom is -0.481 e. The molecule has 1 aromatic heterocycles. The zero-order chi connectivity index (χ0) is 11.4. The Morgan fingerprint density at radius 2 is 2.50 bits per heavy atom. The van der Waals surface area contributed by atoms with E-state index in [1.807, 2.05) is 0 Å². The molecular formula is C11H18N4O. The molecule has 0 amide bonds. The molecule has 0 spiro atoms. The fourth-order valence-electron chi connectivity index (χ4n) is 2.08. The zero-order valence-corrected chi connectivity index (χ0v) is 9.59. The van der Waals surface area contributed by atoms with Gasteiger partial charge in [0.2, 0.25) is 11.8 Å². The highest BCUT2D eigenvalue weighted by atomic mass is 16.5. The lowest BCUT2D eigenvalue weighted by Gasteiger charge is -2.16. The van der Waals surface area contributed by atoms with E-state index in [9.17, 15) is 0 Å². The molecule has 5 heteroatoms. The highest BCUT2D eigenvalue weighted by Crippen LogP contribution is 2.23. The highest BCUT2D eigenvalue weighted by molar-refractivity contribution is 5.33. The standard InChI is InChI=1S/C11H18N4O/c1-16-10-3-6-13-11(14-10)15-7-4-9(8-15)2-5-12/h3,6,9H,2,4-5,7-8,12H2,1H3. The van der Waals surface area contributed by atoms with Crippen LogP contribution >= 0.6 is 0 Å². The normalized spacial score (nSPS) is 20.1. The van der Waals surface area contributed by atoms with E-state index in [1.54, 1.807) is 19.4 Å². The van der Waals surface area contributed by atoms with Gasteiger partial charge in [-0.1, -0.05) is 0 Å². The van der Waals surface area contributed by atoms with Crippen LogP contribution in [0.3, 0.4) is 0 Å². The Hall–Kier alpha value is -1.36. The second kappa shape index (κ2) is 5.12. The lowest BCUT2D eigenvalue weighted by Crippen LogP contribution is -2.22. The molecule has 0 bridgehead atoms. The van der Waals surface area contributed by atoms with Crippen molar-refractivity contribution in [3.63, 3.8) is 0 Å². The van der Waals surface area contributed by atoms with Crippen molar-refractivity contribution in [1.82, 2.24) is 9.97 Å². The van der Waals surface area contributed by atoms with Crippen LogP contribution in [0.2, 0.25) is 0 Å². The van der Waals surface area contributed by atoms with E-state index in [0.717, 1.165) is 32.0 Å². The van der Waals surface area contributed by atoms with Gasteiger partial charge in [0.1, 0.15) is 0 Å². The van der Waals surface area contributed by atoms with Gasteiger partial charge in [-0.15, -0.1) is 0 Å². The first-order valence-corrected chi connectivity index (χ1v) is 5.65. The molecule has 1 saturated heterocycles. The molecule has 16 heavy (non-hydrogen) atoms. The van der Waals surface area contributed by atoms with Crippen LogP contribution in [0.1, 0.15) is 12.8 Å². The van der Waals surface area contributed by atoms with E-state index >= 15 is 0 Å². The van der Waals surface area contributed by atoms with Gasteiger partial charge in [-0.2, -0.15) is 4.98 Å². The molecule has 0 saturated carbocycles. The van der Waals surface area contributed by atoms with Crippen molar-refractivity contribution in [2.45, 2.75) is 12.8 Å². The van der Waals surface area contributed by atoms with E-state index in [-0.39, 0.29) is 0 Å². The molecule has 0 radical (unpaired) electrons. The van der Waals surface area contributed by atoms with Crippen molar-refractivity contribution in [2.75, 3.05) is 31.6 Å². The number of nitrogens with two attached hydrogens (primary N) is 1. The maximum atomic E-state index is 5.57. The van der Waals surface area contributed by atoms with Crippen LogP contribution in [-0.2, 0) is 0 Å². The number of anilines is 1. The minimum absolute atomic E-state index is 0.618. The Morgan fingerprint density at radius 1 is 1.62 bits per heavy atom. The molecule has 2 heterocycles. The van der Waals surface area contributed by atoms with Gasteiger partial charge in [0, 0.05) is 25.4 Å². The Balaban J connectivity index is 2.02. The molecule has 1 aromatic rings. The molecule has 1 aliphatic heterocycles. The maximum Gasteiger partial charge on any atom is 0.228 e. The summed E-state index contributed by atoms with van der Waals surface area (Å²) in [5, 5.41) is 0. The zero-order valence-electron chi connectivity index (χ0n) is 9.59. The third-order valence-electron chi connectivity index (χ3n) is 2.97. The quantitative estimate of drug-likeness (QED) is 0.810. The van der Waals surface area contributed by atoms with E-state index in [2.05, 4.69) is 14.9 Å². The predicted octanol–water partition coefficient (Wildman–Crippen LogP) is 0.660. The molecule has 1 unspecified atom stereocenters. The van der Waals surface area contributed by atoms with E-state index in [1.165, 1.54) is 6.42 Å². The van der Waals surface area contributed by atoms with Crippen LogP contribution in [0.5, 0.6) is 5.88 Å². The summed E-state index contributed by atoms with van der Waals surface area (Å²) >= 11 is 0. The fraction of sp³-hybridized carbons (Fsp3) is 0.636. The Bertz CT molecular complexity index is 345. The summed E-state index contributed by atoms with van der Waals surface area (Å²) in [6.45, 7) is 2.78. The van der Waals surface area contributed by atoms with Gasteiger partial charge in [0.25, 0.3) is 0 Å². The average Bonchev–Trinajstić information content (AvgIpc) is 2.78. The summed E-state index contributed by atoms with van der Waals surface area (Å²) in [6, 6.07) is 1.76. The number of nitrogens with zero attached hydrogens (tertiary/aromatic N) is 3. The SMILES string of the molecule is COc1ccnc(N2CCC(CCN)C2)n1. The van der Waals surface area contributed by atoms with Crippen molar-refractivity contribution >= 4 is 5.95 Å². The van der Waals surface area contributed by atoms with Crippen LogP contribution < -0.4 is 15.4 Å². The summed E-state index contributed by atoms with van der Waals surface area (Å²) in [6.07, 6.45) is 4.00. The summed E-state index contributed by atoms with van der Waals surface area (Å²) in [5.74, 6) is 2.06. The van der Waals surface area contributed by atoms with Crippen molar-refractivity contribution in [1.29, 1.82) is 0 Å². The molecule has 2 rings (SSSR count). The Morgan fingerprint density at radius 3 is 3.25 bits per heavy atom. The predicted molar refractivity (Wildman–Crippen MR) is 62.6 cm³/mol. The van der Waals surface area contributed by atoms with Crippen LogP contribution in [0.4, 0.5) is 5.95 Å². The second-order valence-corrected chi connectivity index (χ2v) is 4.08. The first-order chi connectivity index (χ1) is 7.83. The fourth-order valence-corrected chi connectivity index (χ4v) is 2.08. The van der Waals surface area contributed by atoms with Gasteiger partial charge in [0.05, 0.1) is 7.11 Å². The number of ether oxygens (including phenoxy) is 1. The number of hydrogen-bond acceptors (Lipinski definition) is 5. The molecule has 0 aliphatic carbocycles. The van der Waals surface area contributed by atoms with Gasteiger partial charge in [-0.3, -0.25) is 0 Å². The van der Waals surface area contributed by atoms with Crippen molar-refractivity contribution in [2.24, 2.45) is 11.7 Å². The number of hydrogen-bond donors (Lipinski definition) is 1. The summed E-state index contributed by atoms with van der Waals surface area (Å²) in [4.78, 5) is 10.8. The van der Waals surface area contributed by atoms with Crippen LogP contribution in [0, 0.1) is 5.92 Å². The third-order valence-corrected chi connectivity index (χ3v) is 2.97. The Kier molecular flexibility index (Phi) is 3.56. The van der Waals surface area contributed by atoms with Crippen molar-refractivity contribution < 1.29 is 4.74 Å². The van der Waals surface area contributed by atoms with E-state index in [0.29, 0.717) is 11.8 Å². The van der Waals surface area contributed by atoms with Crippen molar-refractivity contribution in [3.8, 4) is 5.88 Å². The third kappa shape index (κ3) is 2.41. The first kappa shape index (κ1) is 11.1. The molecule has 5 nitrogen and oxygen atoms in total. The smallest absolute Gasteiger partial charge is 0.228 e. The molecule has 88 valence electrons. The number of methoxy groups -OCH3 is 1. The minimum atomic E-state index is 0.618. The van der Waals surface area contributed by atoms with Gasteiger partial charge < -0.3 is 15.4 Å². The lowest BCUT2D eigenvalue weighted by atomic mass is 10.1. The largest absolute Gasteiger partial charge is 0.481 e. The molecule has 1 atom stereocenters. The molecule has 1 fully saturated rings. The lowest BCUT2D eigenvalue weighted by molar-refractivity contribution is 0.397. The van der Waals surface area contributed by atoms with Crippen LogP contribution in [0.25, 0.3) is 0 Å². The summed E-state index contributed by atoms with van der Waals surface area (Å²) in [5.41, 5.74) is 5.57. The van der Waals surface area contributed by atoms with Gasteiger partial charge in [-0.25, -0.2) is 4.98 Å². The van der Waals surface area contributed by atoms with Gasteiger partial charge in [-0.05, 0) is 25.3 Å². The van der Waals surface area contributed by atoms with E-state index < -0.39 is 0 Å². The monoisotopic (exact) mass is 222 g/mol. The molecule has 0 aromatic carbocycles. The van der Waals surface area contributed by atoms with E-state index in [4.69, 9.17) is 10.5 Å². The Labute approximate surface area is 95.6 Å². The van der Waals surface area contributed by atoms with Gasteiger partial charge >= 0.3 is 0 Å². The highest BCUT2D eigenvalue weighted by Gasteiger charge is 2.23. The maximum absolute atomic E-state index is 5.57. The molecule has 2 N–H and O–H groups in total. The summed E-state index contributed by atoms with van der Waals surface area (Å²) in [7, 11) is 1.62. The average molecular weight is 222 g/mol. The summed E-state index contributed by atoms with van der Waals surface area (Å²) < 4.78 is 5.09. The van der Waals surface area contributed by atoms with Gasteiger partial charge in [0.15, 0.2) is 0 Å². The topological polar surface area (TPSA) is 64.3 Å². The van der Waals surface area contributed by atoms with Crippen LogP contribution in [0.15, 0.2) is 12.3 Å². The van der Waals surface area contributed by atoms with Crippen LogP contribution in [-0.4, -0.2) is 36.7 Å². The second-order valence-electron chi connectivity index (χ2n) is 4.08. The van der Waals surface area contributed by atoms with Crippen molar-refractivity contribution in [3.05, 3.63) is 12.3 Å².